The van der Waals surface area contributed by atoms with Gasteiger partial charge in [0.2, 0.25) is 5.91 Å². The van der Waals surface area contributed by atoms with Crippen molar-refractivity contribution in [1.82, 2.24) is 15.1 Å². The van der Waals surface area contributed by atoms with Crippen molar-refractivity contribution in [2.45, 2.75) is 24.8 Å². The summed E-state index contributed by atoms with van der Waals surface area (Å²) in [5.74, 6) is -0.622. The molecule has 0 radical (unpaired) electrons. The molecule has 3 aromatic rings. The van der Waals surface area contributed by atoms with Gasteiger partial charge in [0, 0.05) is 44.8 Å². The molecular formula is C31H33FN4O2. The molecule has 0 saturated carbocycles. The molecule has 6 rings (SSSR count). The standard InChI is InChI=1S/C31H33FN4O2/c32-26-12-5-6-13-27(26)35-20-18-34(19-21-35)16-7-15-33-30(37)28-24-10-3-4-11-25(24)31(38)36-17-14-22-8-1-2-9-23(22)29(28)36/h1-6,8-13,28-29H,7,14-21H2,(H,33,37)/t28-,29-/m0/s1. The monoisotopic (exact) mass is 512 g/mol. The van der Waals surface area contributed by atoms with Crippen molar-refractivity contribution >= 4 is 17.5 Å². The van der Waals surface area contributed by atoms with Gasteiger partial charge in [-0.1, -0.05) is 54.6 Å². The zero-order valence-electron chi connectivity index (χ0n) is 21.5. The van der Waals surface area contributed by atoms with Gasteiger partial charge in [0.25, 0.3) is 5.91 Å². The number of nitrogens with one attached hydrogen (secondary N) is 1. The van der Waals surface area contributed by atoms with E-state index < -0.39 is 5.92 Å². The first-order valence-corrected chi connectivity index (χ1v) is 13.6. The van der Waals surface area contributed by atoms with Gasteiger partial charge in [-0.2, -0.15) is 0 Å². The molecule has 0 aliphatic carbocycles. The summed E-state index contributed by atoms with van der Waals surface area (Å²) in [6.07, 6.45) is 1.64. The van der Waals surface area contributed by atoms with E-state index in [9.17, 15) is 14.0 Å². The van der Waals surface area contributed by atoms with E-state index in [2.05, 4.69) is 27.2 Å². The van der Waals surface area contributed by atoms with Gasteiger partial charge in [-0.3, -0.25) is 14.5 Å². The van der Waals surface area contributed by atoms with Gasteiger partial charge in [-0.15, -0.1) is 0 Å². The third kappa shape index (κ3) is 4.56. The van der Waals surface area contributed by atoms with Gasteiger partial charge in [0.15, 0.2) is 0 Å². The first kappa shape index (κ1) is 24.6. The fourth-order valence-corrected chi connectivity index (χ4v) is 6.30. The lowest BCUT2D eigenvalue weighted by Crippen LogP contribution is -2.50. The van der Waals surface area contributed by atoms with Gasteiger partial charge < -0.3 is 15.1 Å². The Morgan fingerprint density at radius 1 is 0.868 bits per heavy atom. The van der Waals surface area contributed by atoms with E-state index in [4.69, 9.17) is 0 Å². The molecule has 38 heavy (non-hydrogen) atoms. The van der Waals surface area contributed by atoms with Crippen molar-refractivity contribution < 1.29 is 14.0 Å². The lowest BCUT2D eigenvalue weighted by Gasteiger charge is -2.45. The van der Waals surface area contributed by atoms with Crippen LogP contribution in [-0.2, 0) is 11.2 Å². The molecule has 1 N–H and O–H groups in total. The second kappa shape index (κ2) is 10.6. The smallest absolute Gasteiger partial charge is 0.254 e. The molecule has 7 heteroatoms. The Labute approximate surface area is 223 Å². The molecule has 3 heterocycles. The van der Waals surface area contributed by atoms with Gasteiger partial charge in [0.05, 0.1) is 17.6 Å². The number of nitrogens with zero attached hydrogens (tertiary/aromatic N) is 3. The zero-order valence-corrected chi connectivity index (χ0v) is 21.5. The van der Waals surface area contributed by atoms with Crippen LogP contribution < -0.4 is 10.2 Å². The molecule has 196 valence electrons. The molecule has 3 aromatic carbocycles. The number of rotatable bonds is 6. The van der Waals surface area contributed by atoms with Crippen molar-refractivity contribution in [2.75, 3.05) is 50.7 Å². The Bertz CT molecular complexity index is 1340. The van der Waals surface area contributed by atoms with Crippen LogP contribution in [0.1, 0.15) is 45.4 Å². The predicted octanol–water partition coefficient (Wildman–Crippen LogP) is 3.99. The van der Waals surface area contributed by atoms with E-state index >= 15 is 0 Å². The number of amides is 2. The number of piperazine rings is 1. The zero-order chi connectivity index (χ0) is 26.1. The molecule has 6 nitrogen and oxygen atoms in total. The lowest BCUT2D eigenvalue weighted by atomic mass is 9.76. The molecule has 0 bridgehead atoms. The molecule has 1 fully saturated rings. The van der Waals surface area contributed by atoms with Crippen LogP contribution in [-0.4, -0.2) is 67.4 Å². The van der Waals surface area contributed by atoms with Crippen LogP contribution in [0.5, 0.6) is 0 Å². The second-order valence-electron chi connectivity index (χ2n) is 10.4. The van der Waals surface area contributed by atoms with E-state index in [1.165, 1.54) is 11.6 Å². The maximum Gasteiger partial charge on any atom is 0.254 e. The highest BCUT2D eigenvalue weighted by Gasteiger charge is 2.46. The number of carbonyl (C=O) groups is 2. The van der Waals surface area contributed by atoms with E-state index in [-0.39, 0.29) is 23.7 Å². The molecule has 2 amide bonds. The Morgan fingerprint density at radius 3 is 2.39 bits per heavy atom. The maximum absolute atomic E-state index is 14.1. The van der Waals surface area contributed by atoms with Crippen LogP contribution in [0, 0.1) is 5.82 Å². The average molecular weight is 513 g/mol. The average Bonchev–Trinajstić information content (AvgIpc) is 2.96. The van der Waals surface area contributed by atoms with Crippen LogP contribution >= 0.6 is 0 Å². The summed E-state index contributed by atoms with van der Waals surface area (Å²) >= 11 is 0. The van der Waals surface area contributed by atoms with E-state index in [0.717, 1.165) is 56.7 Å². The number of benzene rings is 3. The summed E-state index contributed by atoms with van der Waals surface area (Å²) in [6, 6.07) is 22.4. The quantitative estimate of drug-likeness (QED) is 0.508. The van der Waals surface area contributed by atoms with Gasteiger partial charge in [0.1, 0.15) is 5.82 Å². The Kier molecular flexibility index (Phi) is 6.85. The molecule has 0 spiro atoms. The summed E-state index contributed by atoms with van der Waals surface area (Å²) in [4.78, 5) is 33.4. The molecule has 2 atom stereocenters. The Morgan fingerprint density at radius 2 is 1.58 bits per heavy atom. The normalized spacial score (nSPS) is 20.9. The van der Waals surface area contributed by atoms with E-state index in [0.29, 0.717) is 24.3 Å². The number of carbonyl (C=O) groups excluding carboxylic acids is 2. The summed E-state index contributed by atoms with van der Waals surface area (Å²) in [5.41, 5.74) is 4.42. The highest BCUT2D eigenvalue weighted by atomic mass is 19.1. The first-order valence-electron chi connectivity index (χ1n) is 13.6. The summed E-state index contributed by atoms with van der Waals surface area (Å²) in [5, 5.41) is 3.19. The molecule has 3 aliphatic heterocycles. The van der Waals surface area contributed by atoms with Gasteiger partial charge in [-0.05, 0) is 54.3 Å². The molecule has 1 saturated heterocycles. The molecular weight excluding hydrogens is 479 g/mol. The highest BCUT2D eigenvalue weighted by molar-refractivity contribution is 6.01. The van der Waals surface area contributed by atoms with E-state index in [1.807, 2.05) is 53.4 Å². The Balaban J connectivity index is 1.09. The fourth-order valence-electron chi connectivity index (χ4n) is 6.30. The largest absolute Gasteiger partial charge is 0.367 e. The summed E-state index contributed by atoms with van der Waals surface area (Å²) in [6.45, 7) is 5.39. The number of halogens is 1. The minimum absolute atomic E-state index is 0.0127. The minimum Gasteiger partial charge on any atom is -0.367 e. The summed E-state index contributed by atoms with van der Waals surface area (Å²) in [7, 11) is 0. The fraction of sp³-hybridized carbons (Fsp3) is 0.355. The first-order chi connectivity index (χ1) is 18.6. The minimum atomic E-state index is -0.435. The Hall–Kier alpha value is -3.71. The van der Waals surface area contributed by atoms with Crippen molar-refractivity contribution in [1.29, 1.82) is 0 Å². The predicted molar refractivity (Wildman–Crippen MR) is 146 cm³/mol. The SMILES string of the molecule is O=C(NCCCN1CCN(c2ccccc2F)CC1)[C@H]1c2ccccc2C(=O)N2CCc3ccccc3[C@@H]12. The third-order valence-corrected chi connectivity index (χ3v) is 8.23. The summed E-state index contributed by atoms with van der Waals surface area (Å²) < 4.78 is 14.1. The number of anilines is 1. The van der Waals surface area contributed by atoms with Crippen LogP contribution in [0.15, 0.2) is 72.8 Å². The molecule has 3 aliphatic rings. The van der Waals surface area contributed by atoms with Crippen molar-refractivity contribution in [3.05, 3.63) is 101 Å². The van der Waals surface area contributed by atoms with Crippen LogP contribution in [0.2, 0.25) is 0 Å². The number of fused-ring (bicyclic) bond motifs is 4. The maximum atomic E-state index is 14.1. The molecule has 0 unspecified atom stereocenters. The highest BCUT2D eigenvalue weighted by Crippen LogP contribution is 2.45. The lowest BCUT2D eigenvalue weighted by molar-refractivity contribution is -0.124. The van der Waals surface area contributed by atoms with Gasteiger partial charge >= 0.3 is 0 Å². The van der Waals surface area contributed by atoms with Crippen molar-refractivity contribution in [3.8, 4) is 0 Å². The van der Waals surface area contributed by atoms with Crippen molar-refractivity contribution in [2.24, 2.45) is 0 Å². The van der Waals surface area contributed by atoms with E-state index in [1.54, 1.807) is 6.07 Å². The topological polar surface area (TPSA) is 55.9 Å². The van der Waals surface area contributed by atoms with Gasteiger partial charge in [-0.25, -0.2) is 4.39 Å². The number of hydrogen-bond acceptors (Lipinski definition) is 4. The number of hydrogen-bond donors (Lipinski definition) is 1. The van der Waals surface area contributed by atoms with Crippen LogP contribution in [0.4, 0.5) is 10.1 Å². The molecule has 0 aromatic heterocycles. The van der Waals surface area contributed by atoms with Crippen molar-refractivity contribution in [3.63, 3.8) is 0 Å². The van der Waals surface area contributed by atoms with Crippen LogP contribution in [0.25, 0.3) is 0 Å². The number of para-hydroxylation sites is 1. The third-order valence-electron chi connectivity index (χ3n) is 8.23. The van der Waals surface area contributed by atoms with Crippen LogP contribution in [0.3, 0.4) is 0 Å². The second-order valence-corrected chi connectivity index (χ2v) is 10.4.